The molecule has 0 aromatic rings. The third-order valence-electron chi connectivity index (χ3n) is 0.901. The lowest BCUT2D eigenvalue weighted by Gasteiger charge is -2.01. The van der Waals surface area contributed by atoms with Crippen molar-refractivity contribution in [3.05, 3.63) is 23.3 Å². The molecule has 0 heterocycles. The molecule has 0 rings (SSSR count). The van der Waals surface area contributed by atoms with Crippen LogP contribution in [0.2, 0.25) is 0 Å². The highest BCUT2D eigenvalue weighted by molar-refractivity contribution is 8.01. The minimum absolute atomic E-state index is 0.340. The summed E-state index contributed by atoms with van der Waals surface area (Å²) in [5, 5.41) is 1.75. The minimum atomic E-state index is -3.39. The highest BCUT2D eigenvalue weighted by Crippen LogP contribution is 2.06. The van der Waals surface area contributed by atoms with Crippen LogP contribution < -0.4 is 0 Å². The van der Waals surface area contributed by atoms with Gasteiger partial charge in [-0.05, 0) is 30.7 Å². The zero-order valence-electron chi connectivity index (χ0n) is 7.27. The molecule has 0 aromatic carbocycles. The van der Waals surface area contributed by atoms with Crippen molar-refractivity contribution in [2.75, 3.05) is 12.5 Å². The Morgan fingerprint density at radius 1 is 1.50 bits per heavy atom. The molecule has 0 saturated carbocycles. The lowest BCUT2D eigenvalue weighted by molar-refractivity contribution is 0.425. The molecule has 12 heavy (non-hydrogen) atoms. The molecule has 0 aliphatic carbocycles. The van der Waals surface area contributed by atoms with E-state index in [2.05, 4.69) is 4.18 Å². The van der Waals surface area contributed by atoms with E-state index in [-0.39, 0.29) is 0 Å². The van der Waals surface area contributed by atoms with Gasteiger partial charge in [0.25, 0.3) is 0 Å². The van der Waals surface area contributed by atoms with Gasteiger partial charge in [-0.3, -0.25) is 0 Å². The summed E-state index contributed by atoms with van der Waals surface area (Å²) < 4.78 is 25.9. The molecule has 0 saturated heterocycles. The third-order valence-corrected chi connectivity index (χ3v) is 1.80. The van der Waals surface area contributed by atoms with E-state index in [1.807, 2.05) is 6.26 Å². The summed E-state index contributed by atoms with van der Waals surface area (Å²) in [7, 11) is -3.39. The standard InChI is InChI=1S/C7H12O3S2/c1-4-7(5-6-11-2)10-12(3,8)9/h4-6H,1-3H3/b6-5-,7-4-. The van der Waals surface area contributed by atoms with Gasteiger partial charge in [-0.1, -0.05) is 0 Å². The Morgan fingerprint density at radius 3 is 2.42 bits per heavy atom. The Hall–Kier alpha value is -0.420. The average molecular weight is 208 g/mol. The smallest absolute Gasteiger partial charge is 0.306 e. The first-order valence-corrected chi connectivity index (χ1v) is 6.35. The van der Waals surface area contributed by atoms with E-state index in [4.69, 9.17) is 0 Å². The van der Waals surface area contributed by atoms with Crippen molar-refractivity contribution in [1.29, 1.82) is 0 Å². The second-order valence-corrected chi connectivity index (χ2v) is 4.34. The molecule has 3 nitrogen and oxygen atoms in total. The van der Waals surface area contributed by atoms with Crippen LogP contribution in [0.3, 0.4) is 0 Å². The van der Waals surface area contributed by atoms with Crippen LogP contribution in [-0.2, 0) is 14.3 Å². The summed E-state index contributed by atoms with van der Waals surface area (Å²) in [6.07, 6.45) is 6.09. The maximum absolute atomic E-state index is 10.7. The predicted molar refractivity (Wildman–Crippen MR) is 52.3 cm³/mol. The molecule has 0 fully saturated rings. The van der Waals surface area contributed by atoms with Gasteiger partial charge in [0.05, 0.1) is 6.26 Å². The lowest BCUT2D eigenvalue weighted by atomic mass is 10.5. The molecule has 0 bridgehead atoms. The first-order chi connectivity index (χ1) is 5.49. The summed E-state index contributed by atoms with van der Waals surface area (Å²) >= 11 is 1.48. The summed E-state index contributed by atoms with van der Waals surface area (Å²) in [5.41, 5.74) is 0. The Morgan fingerprint density at radius 2 is 2.08 bits per heavy atom. The van der Waals surface area contributed by atoms with Crippen LogP contribution in [0, 0.1) is 0 Å². The number of thioether (sulfide) groups is 1. The maximum atomic E-state index is 10.7. The lowest BCUT2D eigenvalue weighted by Crippen LogP contribution is -2.00. The summed E-state index contributed by atoms with van der Waals surface area (Å²) in [6.45, 7) is 1.71. The fraction of sp³-hybridized carbons (Fsp3) is 0.429. The molecule has 0 amide bonds. The van der Waals surface area contributed by atoms with Gasteiger partial charge in [0.15, 0.2) is 0 Å². The van der Waals surface area contributed by atoms with E-state index in [0.717, 1.165) is 6.26 Å². The van der Waals surface area contributed by atoms with E-state index in [1.54, 1.807) is 24.5 Å². The predicted octanol–water partition coefficient (Wildman–Crippen LogP) is 1.74. The zero-order valence-corrected chi connectivity index (χ0v) is 8.91. The Kier molecular flexibility index (Phi) is 5.08. The van der Waals surface area contributed by atoms with Crippen molar-refractivity contribution in [2.45, 2.75) is 6.92 Å². The van der Waals surface area contributed by atoms with Crippen LogP contribution in [0.25, 0.3) is 0 Å². The van der Waals surface area contributed by atoms with Gasteiger partial charge < -0.3 is 4.18 Å². The van der Waals surface area contributed by atoms with Gasteiger partial charge in [0, 0.05) is 0 Å². The summed E-state index contributed by atoms with van der Waals surface area (Å²) in [4.78, 5) is 0. The fourth-order valence-electron chi connectivity index (χ4n) is 0.482. The molecule has 0 aromatic heterocycles. The molecule has 0 radical (unpaired) electrons. The Labute approximate surface area is 77.6 Å². The normalized spacial score (nSPS) is 13.8. The van der Waals surface area contributed by atoms with Crippen molar-refractivity contribution < 1.29 is 12.6 Å². The SMILES string of the molecule is C/C=C(/C=C\SC)OS(C)(=O)=O. The van der Waals surface area contributed by atoms with E-state index in [1.165, 1.54) is 11.8 Å². The zero-order chi connectivity index (χ0) is 9.61. The second-order valence-electron chi connectivity index (χ2n) is 2.02. The van der Waals surface area contributed by atoms with E-state index < -0.39 is 10.1 Å². The monoisotopic (exact) mass is 208 g/mol. The van der Waals surface area contributed by atoms with E-state index >= 15 is 0 Å². The Balaban J connectivity index is 4.32. The van der Waals surface area contributed by atoms with Gasteiger partial charge in [-0.15, -0.1) is 11.8 Å². The molecule has 5 heteroatoms. The number of rotatable bonds is 4. The van der Waals surface area contributed by atoms with Crippen molar-refractivity contribution in [3.63, 3.8) is 0 Å². The average Bonchev–Trinajstić information content (AvgIpc) is 1.95. The highest BCUT2D eigenvalue weighted by Gasteiger charge is 2.02. The molecular formula is C7H12O3S2. The van der Waals surface area contributed by atoms with Crippen LogP contribution >= 0.6 is 11.8 Å². The minimum Gasteiger partial charge on any atom is -0.383 e. The largest absolute Gasteiger partial charge is 0.383 e. The van der Waals surface area contributed by atoms with Crippen LogP contribution in [-0.4, -0.2) is 20.9 Å². The third kappa shape index (κ3) is 6.30. The van der Waals surface area contributed by atoms with Gasteiger partial charge in [0.2, 0.25) is 0 Å². The summed E-state index contributed by atoms with van der Waals surface area (Å²) in [5.74, 6) is 0.340. The van der Waals surface area contributed by atoms with Gasteiger partial charge in [-0.2, -0.15) is 8.42 Å². The van der Waals surface area contributed by atoms with Crippen LogP contribution in [0.4, 0.5) is 0 Å². The number of hydrogen-bond donors (Lipinski definition) is 0. The molecule has 70 valence electrons. The van der Waals surface area contributed by atoms with Crippen molar-refractivity contribution in [3.8, 4) is 0 Å². The topological polar surface area (TPSA) is 43.4 Å². The maximum Gasteiger partial charge on any atom is 0.306 e. The van der Waals surface area contributed by atoms with Gasteiger partial charge in [0.1, 0.15) is 5.76 Å². The molecule has 0 aliphatic rings. The first-order valence-electron chi connectivity index (χ1n) is 3.24. The molecule has 0 atom stereocenters. The summed E-state index contributed by atoms with van der Waals surface area (Å²) in [6, 6.07) is 0. The number of hydrogen-bond acceptors (Lipinski definition) is 4. The fourth-order valence-corrected chi connectivity index (χ4v) is 1.25. The molecular weight excluding hydrogens is 196 g/mol. The number of allylic oxidation sites excluding steroid dienone is 2. The van der Waals surface area contributed by atoms with E-state index in [9.17, 15) is 8.42 Å². The van der Waals surface area contributed by atoms with Crippen LogP contribution in [0.1, 0.15) is 6.92 Å². The van der Waals surface area contributed by atoms with Crippen LogP contribution in [0.5, 0.6) is 0 Å². The Bertz CT molecular complexity index is 275. The second kappa shape index (κ2) is 5.27. The first kappa shape index (κ1) is 11.6. The van der Waals surface area contributed by atoms with Gasteiger partial charge >= 0.3 is 10.1 Å². The molecule has 0 spiro atoms. The van der Waals surface area contributed by atoms with E-state index in [0.29, 0.717) is 5.76 Å². The van der Waals surface area contributed by atoms with Gasteiger partial charge in [-0.25, -0.2) is 0 Å². The van der Waals surface area contributed by atoms with Crippen LogP contribution in [0.15, 0.2) is 23.3 Å². The molecule has 0 unspecified atom stereocenters. The molecule has 0 aliphatic heterocycles. The highest BCUT2D eigenvalue weighted by atomic mass is 32.2. The molecule has 0 N–H and O–H groups in total. The van der Waals surface area contributed by atoms with Crippen molar-refractivity contribution >= 4 is 21.9 Å². The van der Waals surface area contributed by atoms with Crippen molar-refractivity contribution in [2.24, 2.45) is 0 Å². The quantitative estimate of drug-likeness (QED) is 0.401. The van der Waals surface area contributed by atoms with Crippen molar-refractivity contribution in [1.82, 2.24) is 0 Å².